The first-order chi connectivity index (χ1) is 5.41. The molecule has 0 aliphatic rings. The molecule has 70 valence electrons. The molecule has 0 aromatic rings. The van der Waals surface area contributed by atoms with E-state index in [-0.39, 0.29) is 0 Å². The summed E-state index contributed by atoms with van der Waals surface area (Å²) < 4.78 is 5.12. The lowest BCUT2D eigenvalue weighted by Gasteiger charge is -2.01. The normalized spacial score (nSPS) is 8.73. The van der Waals surface area contributed by atoms with Crippen LogP contribution in [0, 0.1) is 0 Å². The fourth-order valence-electron chi connectivity index (χ4n) is 0.590. The maximum Gasteiger partial charge on any atom is 0.0590 e. The molecular weight excluding hydrogens is 138 g/mol. The summed E-state index contributed by atoms with van der Waals surface area (Å²) >= 11 is 0. The van der Waals surface area contributed by atoms with Gasteiger partial charge in [0.25, 0.3) is 0 Å². The van der Waals surface area contributed by atoms with Crippen LogP contribution in [0.3, 0.4) is 0 Å². The SMILES string of the molecule is CC.CCCNCCOCC. The van der Waals surface area contributed by atoms with Crippen molar-refractivity contribution in [1.29, 1.82) is 0 Å². The summed E-state index contributed by atoms with van der Waals surface area (Å²) in [6.45, 7) is 11.9. The highest BCUT2D eigenvalue weighted by Gasteiger charge is 1.82. The highest BCUT2D eigenvalue weighted by molar-refractivity contribution is 4.41. The Morgan fingerprint density at radius 2 is 1.73 bits per heavy atom. The van der Waals surface area contributed by atoms with Gasteiger partial charge in [0.2, 0.25) is 0 Å². The predicted octanol–water partition coefficient (Wildman–Crippen LogP) is 2.05. The monoisotopic (exact) mass is 161 g/mol. The molecule has 0 heterocycles. The smallest absolute Gasteiger partial charge is 0.0590 e. The summed E-state index contributed by atoms with van der Waals surface area (Å²) in [5, 5.41) is 3.24. The van der Waals surface area contributed by atoms with Crippen molar-refractivity contribution in [3.8, 4) is 0 Å². The lowest BCUT2D eigenvalue weighted by Crippen LogP contribution is -2.20. The van der Waals surface area contributed by atoms with Gasteiger partial charge in [-0.05, 0) is 19.9 Å². The van der Waals surface area contributed by atoms with Gasteiger partial charge in [-0.1, -0.05) is 20.8 Å². The van der Waals surface area contributed by atoms with Gasteiger partial charge in [-0.15, -0.1) is 0 Å². The quantitative estimate of drug-likeness (QED) is 0.602. The number of hydrogen-bond acceptors (Lipinski definition) is 2. The lowest BCUT2D eigenvalue weighted by molar-refractivity contribution is 0.149. The van der Waals surface area contributed by atoms with Crippen LogP contribution in [-0.2, 0) is 4.74 Å². The minimum Gasteiger partial charge on any atom is -0.380 e. The van der Waals surface area contributed by atoms with Gasteiger partial charge in [-0.25, -0.2) is 0 Å². The van der Waals surface area contributed by atoms with Crippen molar-refractivity contribution in [3.63, 3.8) is 0 Å². The average molecular weight is 161 g/mol. The second-order valence-electron chi connectivity index (χ2n) is 1.95. The van der Waals surface area contributed by atoms with Crippen molar-refractivity contribution in [3.05, 3.63) is 0 Å². The van der Waals surface area contributed by atoms with Crippen LogP contribution >= 0.6 is 0 Å². The molecule has 2 heteroatoms. The molecule has 0 atom stereocenters. The first-order valence-corrected chi connectivity index (χ1v) is 4.70. The molecule has 0 spiro atoms. The Hall–Kier alpha value is -0.0800. The van der Waals surface area contributed by atoms with Crippen molar-refractivity contribution in [2.24, 2.45) is 0 Å². The highest BCUT2D eigenvalue weighted by Crippen LogP contribution is 1.72. The third-order valence-electron chi connectivity index (χ3n) is 1.05. The Kier molecular flexibility index (Phi) is 20.2. The standard InChI is InChI=1S/C7H17NO.C2H6/c1-3-5-8-6-7-9-4-2;1-2/h8H,3-7H2,1-2H3;1-2H3. The van der Waals surface area contributed by atoms with Gasteiger partial charge in [-0.3, -0.25) is 0 Å². The molecule has 0 aliphatic carbocycles. The summed E-state index contributed by atoms with van der Waals surface area (Å²) in [6, 6.07) is 0. The third-order valence-corrected chi connectivity index (χ3v) is 1.05. The third kappa shape index (κ3) is 17.8. The van der Waals surface area contributed by atoms with Gasteiger partial charge < -0.3 is 10.1 Å². The number of hydrogen-bond donors (Lipinski definition) is 1. The lowest BCUT2D eigenvalue weighted by atomic mass is 10.5. The molecule has 0 unspecified atom stereocenters. The average Bonchev–Trinajstić information content (AvgIpc) is 2.08. The zero-order chi connectivity index (χ0) is 8.95. The van der Waals surface area contributed by atoms with E-state index in [1.54, 1.807) is 0 Å². The molecule has 0 aromatic carbocycles. The van der Waals surface area contributed by atoms with Crippen LogP contribution in [-0.4, -0.2) is 26.3 Å². The minimum atomic E-state index is 0.827. The number of ether oxygens (including phenoxy) is 1. The summed E-state index contributed by atoms with van der Waals surface area (Å²) in [4.78, 5) is 0. The number of rotatable bonds is 6. The molecule has 0 fully saturated rings. The zero-order valence-corrected chi connectivity index (χ0v) is 8.44. The van der Waals surface area contributed by atoms with E-state index >= 15 is 0 Å². The van der Waals surface area contributed by atoms with Crippen molar-refractivity contribution in [2.75, 3.05) is 26.3 Å². The molecule has 0 aromatic heterocycles. The van der Waals surface area contributed by atoms with Crippen LogP contribution < -0.4 is 5.32 Å². The Morgan fingerprint density at radius 3 is 2.18 bits per heavy atom. The summed E-state index contributed by atoms with van der Waals surface area (Å²) in [6.07, 6.45) is 1.20. The van der Waals surface area contributed by atoms with Crippen molar-refractivity contribution in [1.82, 2.24) is 5.32 Å². The van der Waals surface area contributed by atoms with Crippen molar-refractivity contribution < 1.29 is 4.74 Å². The van der Waals surface area contributed by atoms with E-state index in [0.29, 0.717) is 0 Å². The van der Waals surface area contributed by atoms with Crippen LogP contribution in [0.2, 0.25) is 0 Å². The molecule has 0 bridgehead atoms. The van der Waals surface area contributed by atoms with E-state index in [1.165, 1.54) is 6.42 Å². The second kappa shape index (κ2) is 16.5. The summed E-state index contributed by atoms with van der Waals surface area (Å²) in [7, 11) is 0. The van der Waals surface area contributed by atoms with Gasteiger partial charge in [0.05, 0.1) is 6.61 Å². The van der Waals surface area contributed by atoms with Crippen LogP contribution in [0.15, 0.2) is 0 Å². The van der Waals surface area contributed by atoms with E-state index in [9.17, 15) is 0 Å². The fourth-order valence-corrected chi connectivity index (χ4v) is 0.590. The summed E-state index contributed by atoms with van der Waals surface area (Å²) in [5.74, 6) is 0. The van der Waals surface area contributed by atoms with E-state index in [4.69, 9.17) is 4.74 Å². The Labute approximate surface area is 71.3 Å². The maximum atomic E-state index is 5.12. The first kappa shape index (κ1) is 13.5. The van der Waals surface area contributed by atoms with Crippen molar-refractivity contribution >= 4 is 0 Å². The molecule has 0 aliphatic heterocycles. The van der Waals surface area contributed by atoms with Gasteiger partial charge in [0.1, 0.15) is 0 Å². The van der Waals surface area contributed by atoms with E-state index < -0.39 is 0 Å². The predicted molar refractivity (Wildman–Crippen MR) is 51.0 cm³/mol. The minimum absolute atomic E-state index is 0.827. The topological polar surface area (TPSA) is 21.3 Å². The molecular formula is C9H23NO. The zero-order valence-electron chi connectivity index (χ0n) is 8.44. The Balaban J connectivity index is 0. The fraction of sp³-hybridized carbons (Fsp3) is 1.00. The highest BCUT2D eigenvalue weighted by atomic mass is 16.5. The first-order valence-electron chi connectivity index (χ1n) is 4.70. The van der Waals surface area contributed by atoms with Crippen LogP contribution in [0.25, 0.3) is 0 Å². The molecule has 0 radical (unpaired) electrons. The molecule has 1 N–H and O–H groups in total. The van der Waals surface area contributed by atoms with Gasteiger partial charge in [0.15, 0.2) is 0 Å². The Bertz CT molecular complexity index is 42.8. The second-order valence-corrected chi connectivity index (χ2v) is 1.95. The van der Waals surface area contributed by atoms with E-state index in [1.807, 2.05) is 20.8 Å². The Morgan fingerprint density at radius 1 is 1.09 bits per heavy atom. The maximum absolute atomic E-state index is 5.12. The summed E-state index contributed by atoms with van der Waals surface area (Å²) in [5.41, 5.74) is 0. The van der Waals surface area contributed by atoms with Crippen LogP contribution in [0.5, 0.6) is 0 Å². The molecule has 2 nitrogen and oxygen atoms in total. The molecule has 0 saturated heterocycles. The van der Waals surface area contributed by atoms with E-state index in [0.717, 1.165) is 26.3 Å². The van der Waals surface area contributed by atoms with Crippen molar-refractivity contribution in [2.45, 2.75) is 34.1 Å². The van der Waals surface area contributed by atoms with Gasteiger partial charge in [0, 0.05) is 13.2 Å². The van der Waals surface area contributed by atoms with E-state index in [2.05, 4.69) is 12.2 Å². The van der Waals surface area contributed by atoms with Crippen LogP contribution in [0.1, 0.15) is 34.1 Å². The molecule has 0 rings (SSSR count). The molecule has 0 saturated carbocycles. The van der Waals surface area contributed by atoms with Crippen LogP contribution in [0.4, 0.5) is 0 Å². The van der Waals surface area contributed by atoms with Gasteiger partial charge in [-0.2, -0.15) is 0 Å². The van der Waals surface area contributed by atoms with Gasteiger partial charge >= 0.3 is 0 Å². The molecule has 0 amide bonds. The largest absolute Gasteiger partial charge is 0.380 e. The number of nitrogens with one attached hydrogen (secondary N) is 1. The molecule has 11 heavy (non-hydrogen) atoms.